The molecule has 1 aromatic carbocycles. The van der Waals surface area contributed by atoms with E-state index in [2.05, 4.69) is 15.3 Å². The molecule has 0 aliphatic rings. The van der Waals surface area contributed by atoms with Crippen molar-refractivity contribution in [3.8, 4) is 6.07 Å². The number of nitrogens with zero attached hydrogens (tertiary/aromatic N) is 2. The third-order valence-electron chi connectivity index (χ3n) is 1.80. The van der Waals surface area contributed by atoms with Crippen molar-refractivity contribution in [3.63, 3.8) is 0 Å². The molecule has 0 amide bonds. The van der Waals surface area contributed by atoms with E-state index < -0.39 is 6.29 Å². The molecule has 1 atom stereocenters. The minimum atomic E-state index is -1.37. The molecule has 0 saturated carbocycles. The predicted octanol–water partition coefficient (Wildman–Crippen LogP) is 2.25. The van der Waals surface area contributed by atoms with Crippen molar-refractivity contribution in [1.82, 2.24) is 0 Å². The van der Waals surface area contributed by atoms with Gasteiger partial charge in [-0.15, -0.1) is 0 Å². The number of ether oxygens (including phenoxy) is 1. The van der Waals surface area contributed by atoms with Crippen molar-refractivity contribution in [3.05, 3.63) is 28.2 Å². The lowest BCUT2D eigenvalue weighted by Gasteiger charge is -2.06. The minimum absolute atomic E-state index is 0.196. The van der Waals surface area contributed by atoms with Crippen LogP contribution in [-0.4, -0.2) is 24.2 Å². The molecule has 1 rings (SSSR count). The first-order valence-electron chi connectivity index (χ1n) is 4.48. The largest absolute Gasteiger partial charge is 0.362 e. The Morgan fingerprint density at radius 2 is 2.24 bits per heavy atom. The number of methoxy groups -OCH3 is 1. The minimum Gasteiger partial charge on any atom is -0.362 e. The number of hydrazone groups is 1. The molecular formula is C10H9Cl2N3O2. The number of hydrogen-bond donors (Lipinski definition) is 2. The van der Waals surface area contributed by atoms with Gasteiger partial charge in [0, 0.05) is 7.11 Å². The van der Waals surface area contributed by atoms with Crippen LogP contribution in [0.3, 0.4) is 0 Å². The van der Waals surface area contributed by atoms with E-state index in [4.69, 9.17) is 28.5 Å². The smallest absolute Gasteiger partial charge is 0.210 e. The van der Waals surface area contributed by atoms with Crippen LogP contribution in [0, 0.1) is 11.3 Å². The van der Waals surface area contributed by atoms with Gasteiger partial charge in [0.1, 0.15) is 6.07 Å². The quantitative estimate of drug-likeness (QED) is 0.501. The highest BCUT2D eigenvalue weighted by Crippen LogP contribution is 2.24. The molecule has 1 aromatic rings. The lowest BCUT2D eigenvalue weighted by atomic mass is 10.3. The van der Waals surface area contributed by atoms with Crippen LogP contribution in [0.4, 0.5) is 5.69 Å². The number of nitrogens with one attached hydrogen (secondary N) is 1. The van der Waals surface area contributed by atoms with Gasteiger partial charge in [-0.3, -0.25) is 5.43 Å². The molecule has 0 bridgehead atoms. The van der Waals surface area contributed by atoms with E-state index in [1.165, 1.54) is 7.11 Å². The maximum Gasteiger partial charge on any atom is 0.210 e. The third-order valence-corrected chi connectivity index (χ3v) is 2.54. The highest BCUT2D eigenvalue weighted by atomic mass is 35.5. The zero-order chi connectivity index (χ0) is 12.8. The summed E-state index contributed by atoms with van der Waals surface area (Å²) >= 11 is 11.5. The summed E-state index contributed by atoms with van der Waals surface area (Å²) in [7, 11) is 1.26. The van der Waals surface area contributed by atoms with Gasteiger partial charge in [-0.05, 0) is 18.2 Å². The number of hydrogen-bond acceptors (Lipinski definition) is 5. The van der Waals surface area contributed by atoms with Crippen molar-refractivity contribution >= 4 is 34.6 Å². The monoisotopic (exact) mass is 273 g/mol. The molecule has 5 nitrogen and oxygen atoms in total. The van der Waals surface area contributed by atoms with Crippen molar-refractivity contribution in [1.29, 1.82) is 5.26 Å². The van der Waals surface area contributed by atoms with Crippen LogP contribution in [0.15, 0.2) is 23.3 Å². The van der Waals surface area contributed by atoms with Gasteiger partial charge in [0.15, 0.2) is 5.71 Å². The van der Waals surface area contributed by atoms with Gasteiger partial charge in [0.2, 0.25) is 6.29 Å². The van der Waals surface area contributed by atoms with Gasteiger partial charge >= 0.3 is 0 Å². The van der Waals surface area contributed by atoms with Crippen LogP contribution >= 0.6 is 23.2 Å². The number of benzene rings is 1. The molecule has 0 aliphatic carbocycles. The second kappa shape index (κ2) is 6.42. The number of halogens is 2. The van der Waals surface area contributed by atoms with E-state index in [-0.39, 0.29) is 5.71 Å². The summed E-state index contributed by atoms with van der Waals surface area (Å²) in [6.45, 7) is 0. The first kappa shape index (κ1) is 13.7. The summed E-state index contributed by atoms with van der Waals surface area (Å²) in [6, 6.07) is 6.46. The summed E-state index contributed by atoms with van der Waals surface area (Å²) in [4.78, 5) is 0. The summed E-state index contributed by atoms with van der Waals surface area (Å²) in [5.74, 6) is 0. The lowest BCUT2D eigenvalue weighted by Crippen LogP contribution is -2.21. The van der Waals surface area contributed by atoms with E-state index in [0.29, 0.717) is 15.7 Å². The van der Waals surface area contributed by atoms with Crippen molar-refractivity contribution in [2.45, 2.75) is 6.29 Å². The van der Waals surface area contributed by atoms with Crippen LogP contribution in [0.1, 0.15) is 0 Å². The zero-order valence-corrected chi connectivity index (χ0v) is 10.3. The van der Waals surface area contributed by atoms with E-state index in [9.17, 15) is 5.11 Å². The standard InChI is InChI=1S/C10H9Cl2N3O2/c1-17-10(16)9(5-13)15-14-6-2-3-7(11)8(12)4-6/h2-4,10,14,16H,1H3. The molecule has 17 heavy (non-hydrogen) atoms. The fraction of sp³-hybridized carbons (Fsp3) is 0.200. The van der Waals surface area contributed by atoms with Crippen molar-refractivity contribution in [2.24, 2.45) is 5.10 Å². The molecule has 7 heteroatoms. The van der Waals surface area contributed by atoms with Crippen LogP contribution in [-0.2, 0) is 4.74 Å². The SMILES string of the molecule is COC(O)C(C#N)=NNc1ccc(Cl)c(Cl)c1. The highest BCUT2D eigenvalue weighted by molar-refractivity contribution is 6.42. The van der Waals surface area contributed by atoms with Crippen molar-refractivity contribution in [2.75, 3.05) is 12.5 Å². The average molecular weight is 274 g/mol. The molecule has 2 N–H and O–H groups in total. The number of aliphatic hydroxyl groups is 1. The molecule has 0 spiro atoms. The van der Waals surface area contributed by atoms with Crippen molar-refractivity contribution < 1.29 is 9.84 Å². The molecule has 0 fully saturated rings. The second-order valence-electron chi connectivity index (χ2n) is 2.94. The van der Waals surface area contributed by atoms with Gasteiger partial charge in [0.25, 0.3) is 0 Å². The number of anilines is 1. The molecule has 0 heterocycles. The van der Waals surface area contributed by atoms with Crippen LogP contribution in [0.25, 0.3) is 0 Å². The maximum atomic E-state index is 9.23. The molecule has 90 valence electrons. The predicted molar refractivity (Wildman–Crippen MR) is 66.1 cm³/mol. The normalized spacial score (nSPS) is 13.0. The first-order valence-corrected chi connectivity index (χ1v) is 5.23. The molecule has 0 aromatic heterocycles. The summed E-state index contributed by atoms with van der Waals surface area (Å²) in [5.41, 5.74) is 2.90. The number of aliphatic hydroxyl groups excluding tert-OH is 1. The van der Waals surface area contributed by atoms with Crippen LogP contribution in [0.5, 0.6) is 0 Å². The Morgan fingerprint density at radius 1 is 1.53 bits per heavy atom. The second-order valence-corrected chi connectivity index (χ2v) is 3.75. The van der Waals surface area contributed by atoms with Crippen LogP contribution < -0.4 is 5.43 Å². The Bertz CT molecular complexity index is 471. The van der Waals surface area contributed by atoms with Gasteiger partial charge in [-0.25, -0.2) is 0 Å². The first-order chi connectivity index (χ1) is 8.08. The fourth-order valence-electron chi connectivity index (χ4n) is 0.938. The Labute approximate surface area is 108 Å². The summed E-state index contributed by atoms with van der Waals surface area (Å²) < 4.78 is 4.55. The number of rotatable bonds is 4. The molecule has 0 radical (unpaired) electrons. The maximum absolute atomic E-state index is 9.23. The highest BCUT2D eigenvalue weighted by Gasteiger charge is 2.10. The fourth-order valence-corrected chi connectivity index (χ4v) is 1.24. The molecular weight excluding hydrogens is 265 g/mol. The van der Waals surface area contributed by atoms with Crippen LogP contribution in [0.2, 0.25) is 10.0 Å². The van der Waals surface area contributed by atoms with Gasteiger partial charge in [0.05, 0.1) is 15.7 Å². The lowest BCUT2D eigenvalue weighted by molar-refractivity contribution is -0.0189. The Hall–Kier alpha value is -1.32. The molecule has 1 unspecified atom stereocenters. The van der Waals surface area contributed by atoms with E-state index in [1.54, 1.807) is 24.3 Å². The average Bonchev–Trinajstić information content (AvgIpc) is 2.33. The number of nitriles is 1. The Morgan fingerprint density at radius 3 is 2.76 bits per heavy atom. The third kappa shape index (κ3) is 3.88. The van der Waals surface area contributed by atoms with E-state index >= 15 is 0 Å². The van der Waals surface area contributed by atoms with E-state index in [1.807, 2.05) is 0 Å². The van der Waals surface area contributed by atoms with Gasteiger partial charge in [-0.1, -0.05) is 23.2 Å². The summed E-state index contributed by atoms with van der Waals surface area (Å²) in [5, 5.41) is 22.4. The van der Waals surface area contributed by atoms with E-state index in [0.717, 1.165) is 0 Å². The zero-order valence-electron chi connectivity index (χ0n) is 8.82. The molecule has 0 aliphatic heterocycles. The Kier molecular flexibility index (Phi) is 5.19. The topological polar surface area (TPSA) is 77.6 Å². The van der Waals surface area contributed by atoms with Gasteiger partial charge in [-0.2, -0.15) is 10.4 Å². The van der Waals surface area contributed by atoms with Gasteiger partial charge < -0.3 is 9.84 Å². The summed E-state index contributed by atoms with van der Waals surface area (Å²) in [6.07, 6.45) is -1.37. The Balaban J connectivity index is 2.81. The molecule has 0 saturated heterocycles.